The minimum Gasteiger partial charge on any atom is -0.0735 e. The van der Waals surface area contributed by atoms with Crippen LogP contribution in [0.2, 0.25) is 0 Å². The molecule has 126 valence electrons. The van der Waals surface area contributed by atoms with Crippen molar-refractivity contribution in [2.24, 2.45) is 11.8 Å². The van der Waals surface area contributed by atoms with Gasteiger partial charge in [0.2, 0.25) is 0 Å². The largest absolute Gasteiger partial charge is 0.0735 e. The lowest BCUT2D eigenvalue weighted by atomic mass is 9.56. The molecule has 0 heterocycles. The molecule has 2 atom stereocenters. The Hall–Kier alpha value is -2.60. The summed E-state index contributed by atoms with van der Waals surface area (Å²) in [6.45, 7) is 4.49. The van der Waals surface area contributed by atoms with E-state index in [1.807, 2.05) is 0 Å². The van der Waals surface area contributed by atoms with Gasteiger partial charge in [0.1, 0.15) is 0 Å². The molecule has 0 N–H and O–H groups in total. The van der Waals surface area contributed by atoms with Gasteiger partial charge in [-0.25, -0.2) is 0 Å². The summed E-state index contributed by atoms with van der Waals surface area (Å²) in [6.07, 6.45) is 10.1. The van der Waals surface area contributed by atoms with Crippen LogP contribution in [0.25, 0.3) is 0 Å². The van der Waals surface area contributed by atoms with E-state index in [-0.39, 0.29) is 0 Å². The number of allylic oxidation sites excluding steroid dienone is 8. The Morgan fingerprint density at radius 1 is 0.500 bits per heavy atom. The first kappa shape index (κ1) is 14.6. The third-order valence-electron chi connectivity index (χ3n) is 6.89. The van der Waals surface area contributed by atoms with E-state index in [2.05, 4.69) is 86.7 Å². The highest BCUT2D eigenvalue weighted by Gasteiger charge is 2.45. The molecule has 5 aliphatic rings. The van der Waals surface area contributed by atoms with E-state index >= 15 is 0 Å². The summed E-state index contributed by atoms with van der Waals surface area (Å²) in [5, 5.41) is 0. The zero-order chi connectivity index (χ0) is 17.4. The predicted molar refractivity (Wildman–Crippen MR) is 107 cm³/mol. The predicted octanol–water partition coefficient (Wildman–Crippen LogP) is 6.28. The van der Waals surface area contributed by atoms with Crippen molar-refractivity contribution in [1.29, 1.82) is 0 Å². The molecule has 5 aliphatic carbocycles. The van der Waals surface area contributed by atoms with Crippen LogP contribution < -0.4 is 0 Å². The molecule has 2 bridgehead atoms. The molecule has 0 saturated heterocycles. The Balaban J connectivity index is 1.64. The summed E-state index contributed by atoms with van der Waals surface area (Å²) in [5.41, 5.74) is 12.0. The first-order valence-electron chi connectivity index (χ1n) is 9.71. The highest BCUT2D eigenvalue weighted by molar-refractivity contribution is 5.71. The van der Waals surface area contributed by atoms with Crippen molar-refractivity contribution in [3.8, 4) is 0 Å². The third kappa shape index (κ3) is 1.75. The molecule has 0 saturated carbocycles. The molecule has 7 rings (SSSR count). The van der Waals surface area contributed by atoms with Crippen molar-refractivity contribution in [3.05, 3.63) is 117 Å². The lowest BCUT2D eigenvalue weighted by molar-refractivity contribution is 0.602. The van der Waals surface area contributed by atoms with Gasteiger partial charge in [-0.2, -0.15) is 0 Å². The molecule has 0 aliphatic heterocycles. The van der Waals surface area contributed by atoms with Crippen LogP contribution in [0.4, 0.5) is 0 Å². The van der Waals surface area contributed by atoms with Gasteiger partial charge in [-0.1, -0.05) is 84.0 Å². The van der Waals surface area contributed by atoms with Crippen molar-refractivity contribution in [1.82, 2.24) is 0 Å². The van der Waals surface area contributed by atoms with Crippen LogP contribution in [0.1, 0.15) is 47.9 Å². The van der Waals surface area contributed by atoms with E-state index < -0.39 is 0 Å². The van der Waals surface area contributed by atoms with Crippen LogP contribution in [-0.4, -0.2) is 0 Å². The summed E-state index contributed by atoms with van der Waals surface area (Å²) in [6, 6.07) is 18.2. The second-order valence-corrected chi connectivity index (χ2v) is 8.22. The molecule has 0 nitrogen and oxygen atoms in total. The molecule has 26 heavy (non-hydrogen) atoms. The second kappa shape index (κ2) is 4.98. The van der Waals surface area contributed by atoms with Gasteiger partial charge < -0.3 is 0 Å². The maximum atomic E-state index is 2.58. The van der Waals surface area contributed by atoms with Crippen LogP contribution in [0.5, 0.6) is 0 Å². The van der Waals surface area contributed by atoms with Gasteiger partial charge >= 0.3 is 0 Å². The van der Waals surface area contributed by atoms with Gasteiger partial charge in [0.15, 0.2) is 0 Å². The fourth-order valence-corrected chi connectivity index (χ4v) is 5.59. The van der Waals surface area contributed by atoms with Crippen LogP contribution in [-0.2, 0) is 0 Å². The third-order valence-corrected chi connectivity index (χ3v) is 6.89. The van der Waals surface area contributed by atoms with Crippen LogP contribution in [0.3, 0.4) is 0 Å². The Bertz CT molecular complexity index is 939. The lowest BCUT2D eigenvalue weighted by Gasteiger charge is -2.47. The molecule has 0 spiro atoms. The minimum absolute atomic E-state index is 0.403. The van der Waals surface area contributed by atoms with Crippen molar-refractivity contribution < 1.29 is 0 Å². The van der Waals surface area contributed by atoms with E-state index in [0.29, 0.717) is 23.7 Å². The number of benzene rings is 2. The first-order valence-corrected chi connectivity index (χ1v) is 9.71. The molecule has 2 unspecified atom stereocenters. The van der Waals surface area contributed by atoms with Gasteiger partial charge in [0.25, 0.3) is 0 Å². The minimum atomic E-state index is 0.403. The summed E-state index contributed by atoms with van der Waals surface area (Å²) < 4.78 is 0. The van der Waals surface area contributed by atoms with E-state index in [1.54, 1.807) is 11.1 Å². The molecule has 2 aromatic carbocycles. The fourth-order valence-electron chi connectivity index (χ4n) is 5.59. The topological polar surface area (TPSA) is 0 Å². The molecule has 0 fully saturated rings. The van der Waals surface area contributed by atoms with Crippen LogP contribution in [0, 0.1) is 11.8 Å². The molecule has 0 amide bonds. The fraction of sp³-hybridized carbons (Fsp3) is 0.231. The Morgan fingerprint density at radius 3 is 1.19 bits per heavy atom. The smallest absolute Gasteiger partial charge is 0.0346 e. The van der Waals surface area contributed by atoms with Crippen molar-refractivity contribution in [2.45, 2.75) is 25.7 Å². The number of rotatable bonds is 0. The SMILES string of the molecule is CC1=CC2C=C3C(=CC2C=C1C)C1c2ccccc2C3c2ccccc21. The van der Waals surface area contributed by atoms with Crippen LogP contribution in [0.15, 0.2) is 95.1 Å². The zero-order valence-electron chi connectivity index (χ0n) is 15.2. The highest BCUT2D eigenvalue weighted by atomic mass is 14.5. The quantitative estimate of drug-likeness (QED) is 0.531. The van der Waals surface area contributed by atoms with Gasteiger partial charge in [0, 0.05) is 23.7 Å². The number of hydrogen-bond acceptors (Lipinski definition) is 0. The second-order valence-electron chi connectivity index (χ2n) is 8.22. The van der Waals surface area contributed by atoms with Crippen LogP contribution >= 0.6 is 0 Å². The van der Waals surface area contributed by atoms with Gasteiger partial charge in [-0.15, -0.1) is 0 Å². The molecule has 0 aromatic heterocycles. The molecule has 0 heteroatoms. The normalized spacial score (nSPS) is 30.1. The summed E-state index contributed by atoms with van der Waals surface area (Å²) in [4.78, 5) is 0. The maximum Gasteiger partial charge on any atom is 0.0346 e. The van der Waals surface area contributed by atoms with Gasteiger partial charge in [-0.3, -0.25) is 0 Å². The Kier molecular flexibility index (Phi) is 2.79. The Labute approximate surface area is 155 Å². The summed E-state index contributed by atoms with van der Waals surface area (Å²) >= 11 is 0. The average molecular weight is 334 g/mol. The average Bonchev–Trinajstić information content (AvgIpc) is 2.67. The Morgan fingerprint density at radius 2 is 0.846 bits per heavy atom. The van der Waals surface area contributed by atoms with Gasteiger partial charge in [0.05, 0.1) is 0 Å². The van der Waals surface area contributed by atoms with E-state index in [9.17, 15) is 0 Å². The summed E-state index contributed by atoms with van der Waals surface area (Å²) in [5.74, 6) is 1.83. The number of hydrogen-bond donors (Lipinski definition) is 0. The first-order chi connectivity index (χ1) is 12.7. The zero-order valence-corrected chi connectivity index (χ0v) is 15.2. The van der Waals surface area contributed by atoms with E-state index in [4.69, 9.17) is 0 Å². The van der Waals surface area contributed by atoms with Crippen molar-refractivity contribution in [3.63, 3.8) is 0 Å². The lowest BCUT2D eigenvalue weighted by Crippen LogP contribution is -2.32. The summed E-state index contributed by atoms with van der Waals surface area (Å²) in [7, 11) is 0. The standard InChI is InChI=1S/C26H22/c1-15-11-17-13-23-24(14-18(17)12-16(15)2)26-21-9-5-3-7-19(21)25(23)20-8-4-6-10-22(20)26/h3-14,17-18,25-26H,1-2H3. The molecular formula is C26H22. The van der Waals surface area contributed by atoms with E-state index in [0.717, 1.165) is 0 Å². The van der Waals surface area contributed by atoms with E-state index in [1.165, 1.54) is 33.4 Å². The molecule has 2 aromatic rings. The van der Waals surface area contributed by atoms with Crippen molar-refractivity contribution >= 4 is 0 Å². The molecule has 0 radical (unpaired) electrons. The van der Waals surface area contributed by atoms with Gasteiger partial charge in [-0.05, 0) is 47.2 Å². The monoisotopic (exact) mass is 334 g/mol. The number of fused-ring (bicyclic) bond motifs is 1. The maximum absolute atomic E-state index is 2.58. The highest BCUT2D eigenvalue weighted by Crippen LogP contribution is 2.59. The molecular weight excluding hydrogens is 312 g/mol. The van der Waals surface area contributed by atoms with Crippen molar-refractivity contribution in [2.75, 3.05) is 0 Å².